The molecule has 1 aromatic rings. The molecule has 1 aliphatic heterocycles. The number of nitro groups is 1. The number of nitrogens with two attached hydrogens (primary N) is 1. The third kappa shape index (κ3) is 3.72. The Labute approximate surface area is 149 Å². The van der Waals surface area contributed by atoms with Crippen LogP contribution in [0.25, 0.3) is 0 Å². The lowest BCUT2D eigenvalue weighted by molar-refractivity contribution is -0.384. The molecule has 1 heterocycles. The first-order valence-electron chi connectivity index (χ1n) is 7.81. The number of allylic oxidation sites excluding steroid dienone is 2. The first kappa shape index (κ1) is 19.1. The fourth-order valence-electron chi connectivity index (χ4n) is 2.93. The molecule has 0 aliphatic carbocycles. The largest absolute Gasteiger partial charge is 0.478 e. The summed E-state index contributed by atoms with van der Waals surface area (Å²) in [4.78, 5) is 34.9. The molecule has 0 spiro atoms. The molecule has 0 unspecified atom stereocenters. The van der Waals surface area contributed by atoms with Gasteiger partial charge in [-0.1, -0.05) is 12.1 Å². The van der Waals surface area contributed by atoms with E-state index in [2.05, 4.69) is 5.32 Å². The zero-order valence-corrected chi connectivity index (χ0v) is 14.3. The molecule has 0 bridgehead atoms. The number of benzene rings is 1. The molecule has 9 nitrogen and oxygen atoms in total. The number of carboxylic acid groups (broad SMARTS) is 1. The number of nitrogens with one attached hydrogen (secondary N) is 1. The fraction of sp³-hybridized carbons (Fsp3) is 0.294. The SMILES string of the molecule is CC1=C(C(=O)O)[C@@H](c2cccc([N+](=O)[O-])c2)C(C(=O)OCCN)=C(C)N1. The van der Waals surface area contributed by atoms with Gasteiger partial charge in [-0.25, -0.2) is 9.59 Å². The molecule has 9 heteroatoms. The Bertz CT molecular complexity index is 828. The Morgan fingerprint density at radius 2 is 1.96 bits per heavy atom. The second-order valence-corrected chi connectivity index (χ2v) is 5.72. The number of hydrogen-bond acceptors (Lipinski definition) is 7. The zero-order valence-electron chi connectivity index (χ0n) is 14.3. The smallest absolute Gasteiger partial charge is 0.336 e. The number of aliphatic carboxylic acids is 1. The first-order valence-corrected chi connectivity index (χ1v) is 7.81. The summed E-state index contributed by atoms with van der Waals surface area (Å²) in [7, 11) is 0. The van der Waals surface area contributed by atoms with E-state index in [0.717, 1.165) is 0 Å². The highest BCUT2D eigenvalue weighted by Crippen LogP contribution is 2.39. The number of nitro benzene ring substituents is 1. The van der Waals surface area contributed by atoms with Gasteiger partial charge in [-0.2, -0.15) is 0 Å². The molecular formula is C17H19N3O6. The molecular weight excluding hydrogens is 342 g/mol. The Hall–Kier alpha value is -3.20. The topological polar surface area (TPSA) is 145 Å². The maximum atomic E-state index is 12.5. The van der Waals surface area contributed by atoms with Crippen LogP contribution in [0, 0.1) is 10.1 Å². The Morgan fingerprint density at radius 3 is 2.54 bits per heavy atom. The summed E-state index contributed by atoms with van der Waals surface area (Å²) < 4.78 is 5.08. The van der Waals surface area contributed by atoms with E-state index in [0.29, 0.717) is 17.0 Å². The number of ether oxygens (including phenoxy) is 1. The summed E-state index contributed by atoms with van der Waals surface area (Å²) in [5.74, 6) is -2.95. The lowest BCUT2D eigenvalue weighted by Gasteiger charge is -2.29. The highest BCUT2D eigenvalue weighted by Gasteiger charge is 2.37. The Kier molecular flexibility index (Phi) is 5.73. The van der Waals surface area contributed by atoms with Gasteiger partial charge in [-0.15, -0.1) is 0 Å². The Balaban J connectivity index is 2.64. The molecule has 4 N–H and O–H groups in total. The van der Waals surface area contributed by atoms with Crippen molar-refractivity contribution in [2.45, 2.75) is 19.8 Å². The van der Waals surface area contributed by atoms with E-state index in [4.69, 9.17) is 10.5 Å². The quantitative estimate of drug-likeness (QED) is 0.392. The van der Waals surface area contributed by atoms with Crippen molar-refractivity contribution in [2.24, 2.45) is 5.73 Å². The second kappa shape index (κ2) is 7.79. The molecule has 0 radical (unpaired) electrons. The average Bonchev–Trinajstić information content (AvgIpc) is 2.58. The zero-order chi connectivity index (χ0) is 19.4. The van der Waals surface area contributed by atoms with Crippen molar-refractivity contribution in [2.75, 3.05) is 13.2 Å². The maximum absolute atomic E-state index is 12.5. The molecule has 26 heavy (non-hydrogen) atoms. The molecule has 0 saturated heterocycles. The van der Waals surface area contributed by atoms with Crippen molar-refractivity contribution < 1.29 is 24.4 Å². The van der Waals surface area contributed by atoms with Gasteiger partial charge in [0.2, 0.25) is 0 Å². The van der Waals surface area contributed by atoms with E-state index < -0.39 is 22.8 Å². The van der Waals surface area contributed by atoms with Crippen LogP contribution in [0.5, 0.6) is 0 Å². The van der Waals surface area contributed by atoms with Crippen LogP contribution in [0.4, 0.5) is 5.69 Å². The van der Waals surface area contributed by atoms with Gasteiger partial charge in [0.1, 0.15) is 6.61 Å². The number of dihydropyridines is 1. The highest BCUT2D eigenvalue weighted by molar-refractivity contribution is 5.99. The van der Waals surface area contributed by atoms with Crippen LogP contribution in [0.15, 0.2) is 46.8 Å². The van der Waals surface area contributed by atoms with Gasteiger partial charge < -0.3 is 20.9 Å². The average molecular weight is 361 g/mol. The minimum atomic E-state index is -1.23. The van der Waals surface area contributed by atoms with Crippen molar-refractivity contribution in [1.29, 1.82) is 0 Å². The minimum Gasteiger partial charge on any atom is -0.478 e. The summed E-state index contributed by atoms with van der Waals surface area (Å²) in [5, 5.41) is 23.6. The third-order valence-corrected chi connectivity index (χ3v) is 3.98. The minimum absolute atomic E-state index is 0.0254. The summed E-state index contributed by atoms with van der Waals surface area (Å²) in [5.41, 5.74) is 6.25. The van der Waals surface area contributed by atoms with Crippen molar-refractivity contribution in [3.05, 3.63) is 62.5 Å². The van der Waals surface area contributed by atoms with Crippen molar-refractivity contribution in [3.8, 4) is 0 Å². The molecule has 0 fully saturated rings. The van der Waals surface area contributed by atoms with Crippen LogP contribution in [-0.4, -0.2) is 35.1 Å². The molecule has 1 atom stereocenters. The second-order valence-electron chi connectivity index (χ2n) is 5.72. The maximum Gasteiger partial charge on any atom is 0.336 e. The van der Waals surface area contributed by atoms with Crippen LogP contribution >= 0.6 is 0 Å². The molecule has 1 aromatic carbocycles. The van der Waals surface area contributed by atoms with Crippen LogP contribution in [0.2, 0.25) is 0 Å². The number of carbonyl (C=O) groups excluding carboxylic acids is 1. The monoisotopic (exact) mass is 361 g/mol. The van der Waals surface area contributed by atoms with Gasteiger partial charge in [0, 0.05) is 30.1 Å². The number of nitrogens with zero attached hydrogens (tertiary/aromatic N) is 1. The summed E-state index contributed by atoms with van der Waals surface area (Å²) in [6.45, 7) is 3.28. The third-order valence-electron chi connectivity index (χ3n) is 3.98. The van der Waals surface area contributed by atoms with Gasteiger partial charge in [-0.05, 0) is 19.4 Å². The number of carboxylic acids is 1. The molecule has 0 amide bonds. The predicted octanol–water partition coefficient (Wildman–Crippen LogP) is 1.42. The highest BCUT2D eigenvalue weighted by atomic mass is 16.6. The van der Waals surface area contributed by atoms with Gasteiger partial charge in [0.05, 0.1) is 22.0 Å². The van der Waals surface area contributed by atoms with Crippen LogP contribution in [-0.2, 0) is 14.3 Å². The summed E-state index contributed by atoms with van der Waals surface area (Å²) in [6.07, 6.45) is 0. The van der Waals surface area contributed by atoms with E-state index in [1.807, 2.05) is 0 Å². The summed E-state index contributed by atoms with van der Waals surface area (Å²) in [6, 6.07) is 5.55. The van der Waals surface area contributed by atoms with Gasteiger partial charge in [-0.3, -0.25) is 10.1 Å². The van der Waals surface area contributed by atoms with E-state index in [1.54, 1.807) is 19.9 Å². The Morgan fingerprint density at radius 1 is 1.31 bits per heavy atom. The van der Waals surface area contributed by atoms with Crippen molar-refractivity contribution >= 4 is 17.6 Å². The van der Waals surface area contributed by atoms with Crippen molar-refractivity contribution in [1.82, 2.24) is 5.32 Å². The standard InChI is InChI=1S/C17H19N3O6/c1-9-13(16(21)22)15(11-4-3-5-12(8-11)20(24)25)14(10(2)19-9)17(23)26-7-6-18/h3-5,8,15,19H,6-7,18H2,1-2H3,(H,21,22)/t15-/m1/s1. The van der Waals surface area contributed by atoms with Crippen LogP contribution < -0.4 is 11.1 Å². The van der Waals surface area contributed by atoms with E-state index in [9.17, 15) is 24.8 Å². The van der Waals surface area contributed by atoms with Crippen LogP contribution in [0.3, 0.4) is 0 Å². The van der Waals surface area contributed by atoms with E-state index >= 15 is 0 Å². The fourth-order valence-corrected chi connectivity index (χ4v) is 2.93. The number of hydrogen-bond donors (Lipinski definition) is 3. The normalized spacial score (nSPS) is 17.0. The van der Waals surface area contributed by atoms with Gasteiger partial charge in [0.25, 0.3) is 5.69 Å². The predicted molar refractivity (Wildman–Crippen MR) is 92.0 cm³/mol. The molecule has 1 aliphatic rings. The van der Waals surface area contributed by atoms with Gasteiger partial charge in [0.15, 0.2) is 0 Å². The lowest BCUT2D eigenvalue weighted by Crippen LogP contribution is -2.32. The molecule has 138 valence electrons. The molecule has 0 saturated carbocycles. The van der Waals surface area contributed by atoms with E-state index in [1.165, 1.54) is 18.2 Å². The number of carbonyl (C=O) groups is 2. The number of esters is 1. The molecule has 2 rings (SSSR count). The van der Waals surface area contributed by atoms with Crippen molar-refractivity contribution in [3.63, 3.8) is 0 Å². The molecule has 0 aromatic heterocycles. The first-order chi connectivity index (χ1) is 12.3. The van der Waals surface area contributed by atoms with Crippen LogP contribution in [0.1, 0.15) is 25.3 Å². The lowest BCUT2D eigenvalue weighted by atomic mass is 9.80. The summed E-state index contributed by atoms with van der Waals surface area (Å²) >= 11 is 0. The van der Waals surface area contributed by atoms with E-state index in [-0.39, 0.29) is 30.0 Å². The number of non-ortho nitro benzene ring substituents is 1. The van der Waals surface area contributed by atoms with Gasteiger partial charge >= 0.3 is 11.9 Å². The number of rotatable bonds is 6.